The van der Waals surface area contributed by atoms with Gasteiger partial charge < -0.3 is 14.8 Å². The van der Waals surface area contributed by atoms with E-state index in [4.69, 9.17) is 0 Å². The molecule has 1 aromatic heterocycles. The van der Waals surface area contributed by atoms with Crippen LogP contribution < -0.4 is 5.32 Å². The van der Waals surface area contributed by atoms with Crippen LogP contribution in [0.5, 0.6) is 0 Å². The number of imide groups is 1. The predicted molar refractivity (Wildman–Crippen MR) is 106 cm³/mol. The number of hydrogen-bond donors (Lipinski definition) is 1. The molecule has 0 aliphatic carbocycles. The number of rotatable bonds is 4. The van der Waals surface area contributed by atoms with Crippen molar-refractivity contribution in [1.82, 2.24) is 19.7 Å². The van der Waals surface area contributed by atoms with Crippen LogP contribution in [0.2, 0.25) is 0 Å². The van der Waals surface area contributed by atoms with Crippen LogP contribution in [0.1, 0.15) is 33.1 Å². The number of nitrogens with zero attached hydrogens (tertiary/aromatic N) is 3. The number of likely N-dealkylation sites (tertiary alicyclic amines) is 1. The normalized spacial score (nSPS) is 19.1. The minimum absolute atomic E-state index is 0.0881. The fourth-order valence-electron chi connectivity index (χ4n) is 4.30. The smallest absolute Gasteiger partial charge is 0.325 e. The molecule has 4 amide bonds. The second-order valence-electron chi connectivity index (χ2n) is 7.98. The Bertz CT molecular complexity index is 925. The van der Waals surface area contributed by atoms with E-state index in [1.54, 1.807) is 0 Å². The monoisotopic (exact) mass is 382 g/mol. The van der Waals surface area contributed by atoms with Gasteiger partial charge in [0.25, 0.3) is 5.91 Å². The fourth-order valence-corrected chi connectivity index (χ4v) is 4.30. The largest absolute Gasteiger partial charge is 0.347 e. The summed E-state index contributed by atoms with van der Waals surface area (Å²) in [5.41, 5.74) is 0.287. The van der Waals surface area contributed by atoms with Crippen molar-refractivity contribution in [2.75, 3.05) is 13.1 Å². The summed E-state index contributed by atoms with van der Waals surface area (Å²) in [4.78, 5) is 40.7. The molecule has 0 saturated carbocycles. The summed E-state index contributed by atoms with van der Waals surface area (Å²) < 4.78 is 2.10. The molecule has 148 valence electrons. The summed E-state index contributed by atoms with van der Waals surface area (Å²) in [5, 5.41) is 4.05. The van der Waals surface area contributed by atoms with Crippen LogP contribution >= 0.6 is 0 Å². The van der Waals surface area contributed by atoms with Crippen molar-refractivity contribution in [3.05, 3.63) is 36.5 Å². The molecule has 28 heavy (non-hydrogen) atoms. The Kier molecular flexibility index (Phi) is 4.61. The highest BCUT2D eigenvalue weighted by Gasteiger charge is 2.53. The molecule has 4 rings (SSSR count). The lowest BCUT2D eigenvalue weighted by atomic mass is 9.87. The number of aryl methyl sites for hydroxylation is 1. The first-order valence-electron chi connectivity index (χ1n) is 9.89. The van der Waals surface area contributed by atoms with Crippen molar-refractivity contribution < 1.29 is 14.4 Å². The molecule has 3 heterocycles. The lowest BCUT2D eigenvalue weighted by Gasteiger charge is -2.37. The van der Waals surface area contributed by atoms with Gasteiger partial charge in [0.2, 0.25) is 5.91 Å². The molecule has 1 N–H and O–H groups in total. The molecule has 1 aromatic carbocycles. The molecule has 7 heteroatoms. The molecule has 0 bridgehead atoms. The molecule has 0 radical (unpaired) electrons. The average Bonchev–Trinajstić information content (AvgIpc) is 3.19. The van der Waals surface area contributed by atoms with E-state index in [-0.39, 0.29) is 23.9 Å². The Morgan fingerprint density at radius 3 is 2.54 bits per heavy atom. The predicted octanol–water partition coefficient (Wildman–Crippen LogP) is 2.35. The Morgan fingerprint density at radius 1 is 1.14 bits per heavy atom. The van der Waals surface area contributed by atoms with Gasteiger partial charge in [-0.05, 0) is 44.2 Å². The number of urea groups is 1. The summed E-state index contributed by atoms with van der Waals surface area (Å²) >= 11 is 0. The van der Waals surface area contributed by atoms with Crippen LogP contribution in [0.4, 0.5) is 4.79 Å². The second kappa shape index (κ2) is 6.96. The van der Waals surface area contributed by atoms with E-state index >= 15 is 0 Å². The van der Waals surface area contributed by atoms with Crippen LogP contribution in [-0.4, -0.2) is 56.9 Å². The van der Waals surface area contributed by atoms with E-state index in [0.29, 0.717) is 38.9 Å². The Balaban J connectivity index is 1.36. The first kappa shape index (κ1) is 18.5. The van der Waals surface area contributed by atoms with E-state index in [9.17, 15) is 14.4 Å². The first-order valence-corrected chi connectivity index (χ1v) is 9.89. The maximum absolute atomic E-state index is 12.8. The van der Waals surface area contributed by atoms with Gasteiger partial charge in [0, 0.05) is 43.8 Å². The number of aromatic nitrogens is 1. The molecule has 7 nitrogen and oxygen atoms in total. The SMILES string of the molecule is CC(C)N1C(=O)NC2(CCN(C(=O)CCn3ccc4ccccc43)CC2)C1=O. The maximum atomic E-state index is 12.8. The van der Waals surface area contributed by atoms with Gasteiger partial charge in [-0.1, -0.05) is 18.2 Å². The van der Waals surface area contributed by atoms with Crippen molar-refractivity contribution in [3.8, 4) is 0 Å². The van der Waals surface area contributed by atoms with Gasteiger partial charge in [-0.15, -0.1) is 0 Å². The first-order chi connectivity index (χ1) is 13.4. The number of amides is 4. The molecule has 2 aliphatic rings. The van der Waals surface area contributed by atoms with E-state index in [1.165, 1.54) is 10.3 Å². The van der Waals surface area contributed by atoms with Crippen LogP contribution in [0.25, 0.3) is 10.9 Å². The zero-order chi connectivity index (χ0) is 19.9. The molecular formula is C21H26N4O3. The molecule has 2 saturated heterocycles. The molecule has 0 unspecified atom stereocenters. The third-order valence-corrected chi connectivity index (χ3v) is 5.93. The van der Waals surface area contributed by atoms with Gasteiger partial charge in [-0.25, -0.2) is 4.79 Å². The highest BCUT2D eigenvalue weighted by Crippen LogP contribution is 2.30. The Morgan fingerprint density at radius 2 is 1.86 bits per heavy atom. The number of hydrogen-bond acceptors (Lipinski definition) is 3. The number of benzene rings is 1. The molecule has 2 fully saturated rings. The molecule has 2 aliphatic heterocycles. The van der Waals surface area contributed by atoms with Gasteiger partial charge in [-0.2, -0.15) is 0 Å². The van der Waals surface area contributed by atoms with E-state index < -0.39 is 5.54 Å². The summed E-state index contributed by atoms with van der Waals surface area (Å²) in [7, 11) is 0. The van der Waals surface area contributed by atoms with E-state index in [0.717, 1.165) is 5.52 Å². The molecule has 2 aromatic rings. The van der Waals surface area contributed by atoms with E-state index in [2.05, 4.69) is 28.1 Å². The number of fused-ring (bicyclic) bond motifs is 1. The Hall–Kier alpha value is -2.83. The lowest BCUT2D eigenvalue weighted by Crippen LogP contribution is -2.56. The number of nitrogens with one attached hydrogen (secondary N) is 1. The Labute approximate surface area is 164 Å². The lowest BCUT2D eigenvalue weighted by molar-refractivity contribution is -0.139. The minimum Gasteiger partial charge on any atom is -0.347 e. The molecule has 0 atom stereocenters. The standard InChI is InChI=1S/C21H26N4O3/c1-15(2)25-19(27)21(22-20(25)28)9-13-24(14-10-21)18(26)8-12-23-11-7-16-5-3-4-6-17(16)23/h3-7,11,15H,8-10,12-14H2,1-2H3,(H,22,28). The third-order valence-electron chi connectivity index (χ3n) is 5.93. The third kappa shape index (κ3) is 3.04. The van der Waals surface area contributed by atoms with Crippen molar-refractivity contribution in [1.29, 1.82) is 0 Å². The van der Waals surface area contributed by atoms with Gasteiger partial charge >= 0.3 is 6.03 Å². The number of carbonyl (C=O) groups excluding carboxylic acids is 3. The maximum Gasteiger partial charge on any atom is 0.325 e. The van der Waals surface area contributed by atoms with Crippen LogP contribution in [0, 0.1) is 0 Å². The zero-order valence-corrected chi connectivity index (χ0v) is 16.4. The quantitative estimate of drug-likeness (QED) is 0.825. The summed E-state index contributed by atoms with van der Waals surface area (Å²) in [6.07, 6.45) is 3.37. The van der Waals surface area contributed by atoms with Crippen molar-refractivity contribution in [3.63, 3.8) is 0 Å². The number of para-hydroxylation sites is 1. The fraction of sp³-hybridized carbons (Fsp3) is 0.476. The van der Waals surface area contributed by atoms with Crippen LogP contribution in [-0.2, 0) is 16.1 Å². The molecule has 1 spiro atoms. The highest BCUT2D eigenvalue weighted by molar-refractivity contribution is 6.07. The van der Waals surface area contributed by atoms with Gasteiger partial charge in [0.05, 0.1) is 0 Å². The van der Waals surface area contributed by atoms with Gasteiger partial charge in [-0.3, -0.25) is 14.5 Å². The minimum atomic E-state index is -0.839. The number of piperidine rings is 1. The summed E-state index contributed by atoms with van der Waals surface area (Å²) in [6, 6.07) is 9.69. The van der Waals surface area contributed by atoms with Crippen molar-refractivity contribution in [2.24, 2.45) is 0 Å². The molecular weight excluding hydrogens is 356 g/mol. The van der Waals surface area contributed by atoms with Gasteiger partial charge in [0.1, 0.15) is 5.54 Å². The van der Waals surface area contributed by atoms with Crippen molar-refractivity contribution >= 4 is 28.7 Å². The van der Waals surface area contributed by atoms with Crippen LogP contribution in [0.3, 0.4) is 0 Å². The van der Waals surface area contributed by atoms with Crippen molar-refractivity contribution in [2.45, 2.75) is 51.2 Å². The summed E-state index contributed by atoms with van der Waals surface area (Å²) in [5.74, 6) is -0.0662. The van der Waals surface area contributed by atoms with Gasteiger partial charge in [0.15, 0.2) is 0 Å². The van der Waals surface area contributed by atoms with E-state index in [1.807, 2.05) is 37.1 Å². The van der Waals surface area contributed by atoms with Crippen LogP contribution in [0.15, 0.2) is 36.5 Å². The second-order valence-corrected chi connectivity index (χ2v) is 7.98. The highest BCUT2D eigenvalue weighted by atomic mass is 16.2. The zero-order valence-electron chi connectivity index (χ0n) is 16.4. The topological polar surface area (TPSA) is 74.7 Å². The number of carbonyl (C=O) groups is 3. The average molecular weight is 382 g/mol. The summed E-state index contributed by atoms with van der Waals surface area (Å²) in [6.45, 7) is 5.28.